The number of carbonyl (C=O) groups excluding carboxylic acids is 2. The van der Waals surface area contributed by atoms with Crippen molar-refractivity contribution in [3.8, 4) is 0 Å². The minimum absolute atomic E-state index is 0.0890. The Bertz CT molecular complexity index is 538. The standard InChI is InChI=1S/C16H27N5O3/c1-16(2,3)24-15(23)21-10-7-18-13(11-21)14(22)19-5-4-8-20-9-6-17-12-20/h6,9,12-13,18H,4-5,7-8,10-11H2,1-3H3,(H,19,22). The van der Waals surface area contributed by atoms with E-state index in [4.69, 9.17) is 4.74 Å². The van der Waals surface area contributed by atoms with Crippen LogP contribution in [0.15, 0.2) is 18.7 Å². The Morgan fingerprint density at radius 2 is 2.21 bits per heavy atom. The minimum atomic E-state index is -0.535. The molecule has 0 spiro atoms. The summed E-state index contributed by atoms with van der Waals surface area (Å²) in [6, 6.07) is -0.403. The molecule has 2 N–H and O–H groups in total. The fourth-order valence-electron chi connectivity index (χ4n) is 2.43. The first-order valence-electron chi connectivity index (χ1n) is 8.30. The molecule has 8 nitrogen and oxygen atoms in total. The van der Waals surface area contributed by atoms with Crippen LogP contribution in [0.5, 0.6) is 0 Å². The molecule has 0 aromatic carbocycles. The zero-order chi connectivity index (χ0) is 17.6. The molecule has 2 amide bonds. The Hall–Kier alpha value is -2.09. The van der Waals surface area contributed by atoms with Crippen molar-refractivity contribution >= 4 is 12.0 Å². The number of piperazine rings is 1. The van der Waals surface area contributed by atoms with E-state index in [2.05, 4.69) is 15.6 Å². The zero-order valence-electron chi connectivity index (χ0n) is 14.6. The van der Waals surface area contributed by atoms with Crippen molar-refractivity contribution in [3.63, 3.8) is 0 Å². The Labute approximate surface area is 142 Å². The van der Waals surface area contributed by atoms with E-state index in [-0.39, 0.29) is 12.0 Å². The second-order valence-corrected chi connectivity index (χ2v) is 6.88. The van der Waals surface area contributed by atoms with Crippen LogP contribution >= 0.6 is 0 Å². The Morgan fingerprint density at radius 3 is 2.88 bits per heavy atom. The van der Waals surface area contributed by atoms with Crippen molar-refractivity contribution in [2.45, 2.75) is 45.4 Å². The van der Waals surface area contributed by atoms with Gasteiger partial charge >= 0.3 is 6.09 Å². The van der Waals surface area contributed by atoms with E-state index in [1.807, 2.05) is 31.5 Å². The van der Waals surface area contributed by atoms with Gasteiger partial charge in [-0.2, -0.15) is 0 Å². The maximum atomic E-state index is 12.2. The monoisotopic (exact) mass is 337 g/mol. The van der Waals surface area contributed by atoms with E-state index in [9.17, 15) is 9.59 Å². The number of imidazole rings is 1. The molecule has 0 bridgehead atoms. The third-order valence-electron chi connectivity index (χ3n) is 3.60. The molecule has 1 aliphatic rings. The average Bonchev–Trinajstić information content (AvgIpc) is 3.03. The summed E-state index contributed by atoms with van der Waals surface area (Å²) in [5.74, 6) is -0.0890. The molecule has 1 aliphatic heterocycles. The third-order valence-corrected chi connectivity index (χ3v) is 3.60. The van der Waals surface area contributed by atoms with Crippen LogP contribution in [0.1, 0.15) is 27.2 Å². The molecular weight excluding hydrogens is 310 g/mol. The summed E-state index contributed by atoms with van der Waals surface area (Å²) in [6.45, 7) is 8.32. The maximum absolute atomic E-state index is 12.2. The molecule has 1 aromatic rings. The predicted octanol–water partition coefficient (Wildman–Crippen LogP) is 0.598. The number of hydrogen-bond acceptors (Lipinski definition) is 5. The van der Waals surface area contributed by atoms with E-state index in [1.54, 1.807) is 17.4 Å². The number of carbonyl (C=O) groups is 2. The molecule has 1 fully saturated rings. The van der Waals surface area contributed by atoms with Gasteiger partial charge in [-0.05, 0) is 27.2 Å². The van der Waals surface area contributed by atoms with Gasteiger partial charge in [0, 0.05) is 45.1 Å². The van der Waals surface area contributed by atoms with Gasteiger partial charge in [0.15, 0.2) is 0 Å². The van der Waals surface area contributed by atoms with Crippen molar-refractivity contribution in [3.05, 3.63) is 18.7 Å². The maximum Gasteiger partial charge on any atom is 0.410 e. The fraction of sp³-hybridized carbons (Fsp3) is 0.688. The average molecular weight is 337 g/mol. The van der Waals surface area contributed by atoms with Crippen molar-refractivity contribution in [2.75, 3.05) is 26.2 Å². The molecule has 2 rings (SSSR count). The van der Waals surface area contributed by atoms with Gasteiger partial charge in [0.05, 0.1) is 6.33 Å². The molecule has 0 radical (unpaired) electrons. The molecule has 1 saturated heterocycles. The molecular formula is C16H27N5O3. The minimum Gasteiger partial charge on any atom is -0.444 e. The van der Waals surface area contributed by atoms with Gasteiger partial charge in [-0.3, -0.25) is 4.79 Å². The normalized spacial score (nSPS) is 18.3. The van der Waals surface area contributed by atoms with Crippen molar-refractivity contribution < 1.29 is 14.3 Å². The van der Waals surface area contributed by atoms with Crippen LogP contribution in [-0.2, 0) is 16.1 Å². The van der Waals surface area contributed by atoms with Crippen molar-refractivity contribution in [1.82, 2.24) is 25.1 Å². The van der Waals surface area contributed by atoms with Gasteiger partial charge in [0.1, 0.15) is 11.6 Å². The van der Waals surface area contributed by atoms with Gasteiger partial charge in [-0.25, -0.2) is 9.78 Å². The summed E-state index contributed by atoms with van der Waals surface area (Å²) >= 11 is 0. The van der Waals surface area contributed by atoms with E-state index in [0.29, 0.717) is 26.2 Å². The SMILES string of the molecule is CC(C)(C)OC(=O)N1CCNC(C(=O)NCCCn2ccnc2)C1. The van der Waals surface area contributed by atoms with Gasteiger partial charge in [-0.15, -0.1) is 0 Å². The molecule has 1 unspecified atom stereocenters. The number of nitrogens with zero attached hydrogens (tertiary/aromatic N) is 3. The lowest BCUT2D eigenvalue weighted by molar-refractivity contribution is -0.124. The van der Waals surface area contributed by atoms with Crippen LogP contribution in [0.4, 0.5) is 4.79 Å². The highest BCUT2D eigenvalue weighted by Crippen LogP contribution is 2.11. The second-order valence-electron chi connectivity index (χ2n) is 6.88. The predicted molar refractivity (Wildman–Crippen MR) is 89.5 cm³/mol. The topological polar surface area (TPSA) is 88.5 Å². The molecule has 24 heavy (non-hydrogen) atoms. The van der Waals surface area contributed by atoms with Gasteiger partial charge < -0.3 is 24.8 Å². The van der Waals surface area contributed by atoms with E-state index in [1.165, 1.54) is 0 Å². The van der Waals surface area contributed by atoms with Crippen molar-refractivity contribution in [1.29, 1.82) is 0 Å². The lowest BCUT2D eigenvalue weighted by atomic mass is 10.2. The summed E-state index contributed by atoms with van der Waals surface area (Å²) in [5.41, 5.74) is -0.535. The van der Waals surface area contributed by atoms with E-state index < -0.39 is 11.6 Å². The largest absolute Gasteiger partial charge is 0.444 e. The van der Waals surface area contributed by atoms with Gasteiger partial charge in [-0.1, -0.05) is 0 Å². The highest BCUT2D eigenvalue weighted by atomic mass is 16.6. The number of hydrogen-bond donors (Lipinski definition) is 2. The molecule has 0 aliphatic carbocycles. The summed E-state index contributed by atoms with van der Waals surface area (Å²) in [6.07, 6.45) is 5.83. The summed E-state index contributed by atoms with van der Waals surface area (Å²) in [7, 11) is 0. The molecule has 134 valence electrons. The Kier molecular flexibility index (Phi) is 6.19. The third kappa shape index (κ3) is 5.84. The number of amides is 2. The van der Waals surface area contributed by atoms with Crippen LogP contribution in [-0.4, -0.2) is 64.3 Å². The van der Waals surface area contributed by atoms with Crippen LogP contribution in [0.25, 0.3) is 0 Å². The summed E-state index contributed by atoms with van der Waals surface area (Å²) in [4.78, 5) is 29.9. The molecule has 1 aromatic heterocycles. The van der Waals surface area contributed by atoms with Gasteiger partial charge in [0.2, 0.25) is 5.91 Å². The first kappa shape index (κ1) is 18.3. The van der Waals surface area contributed by atoms with Crippen LogP contribution < -0.4 is 10.6 Å². The van der Waals surface area contributed by atoms with Crippen LogP contribution in [0.3, 0.4) is 0 Å². The number of aromatic nitrogens is 2. The highest BCUT2D eigenvalue weighted by Gasteiger charge is 2.30. The number of aryl methyl sites for hydroxylation is 1. The smallest absolute Gasteiger partial charge is 0.410 e. The molecule has 2 heterocycles. The molecule has 0 saturated carbocycles. The van der Waals surface area contributed by atoms with E-state index >= 15 is 0 Å². The molecule has 1 atom stereocenters. The van der Waals surface area contributed by atoms with E-state index in [0.717, 1.165) is 13.0 Å². The first-order chi connectivity index (χ1) is 11.3. The lowest BCUT2D eigenvalue weighted by Gasteiger charge is -2.34. The number of nitrogens with one attached hydrogen (secondary N) is 2. The second kappa shape index (κ2) is 8.14. The first-order valence-corrected chi connectivity index (χ1v) is 8.30. The summed E-state index contributed by atoms with van der Waals surface area (Å²) < 4.78 is 7.33. The zero-order valence-corrected chi connectivity index (χ0v) is 14.6. The van der Waals surface area contributed by atoms with Crippen LogP contribution in [0.2, 0.25) is 0 Å². The van der Waals surface area contributed by atoms with Gasteiger partial charge in [0.25, 0.3) is 0 Å². The highest BCUT2D eigenvalue weighted by molar-refractivity contribution is 5.83. The fourth-order valence-corrected chi connectivity index (χ4v) is 2.43. The quantitative estimate of drug-likeness (QED) is 0.768. The number of ether oxygens (including phenoxy) is 1. The Morgan fingerprint density at radius 1 is 1.42 bits per heavy atom. The lowest BCUT2D eigenvalue weighted by Crippen LogP contribution is -2.58. The number of rotatable bonds is 5. The van der Waals surface area contributed by atoms with Crippen molar-refractivity contribution in [2.24, 2.45) is 0 Å². The molecule has 8 heteroatoms. The van der Waals surface area contributed by atoms with Crippen LogP contribution in [0, 0.1) is 0 Å². The summed E-state index contributed by atoms with van der Waals surface area (Å²) in [5, 5.41) is 6.05. The Balaban J connectivity index is 1.72.